The molecule has 2 aliphatic heterocycles. The van der Waals surface area contributed by atoms with Gasteiger partial charge < -0.3 is 4.90 Å². The summed E-state index contributed by atoms with van der Waals surface area (Å²) in [5.74, 6) is -1.83. The number of carbonyl (C=O) groups is 2. The molecule has 0 N–H and O–H groups in total. The highest BCUT2D eigenvalue weighted by Gasteiger charge is 2.38. The van der Waals surface area contributed by atoms with Crippen LogP contribution in [0.3, 0.4) is 0 Å². The Morgan fingerprint density at radius 2 is 1.67 bits per heavy atom. The molecular weight excluding hydrogens is 455 g/mol. The van der Waals surface area contributed by atoms with Crippen LogP contribution in [0.2, 0.25) is 0 Å². The minimum Gasteiger partial charge on any atom is -0.363 e. The molecule has 2 heterocycles. The Hall–Kier alpha value is -3.38. The first-order chi connectivity index (χ1) is 15.6. The fraction of sp³-hybridized carbons (Fsp3) is 0.333. The SMILES string of the molecule is C[C@H]1CC(=O)N(c2ccc(N3CCN(S(=O)(=O)c4ccc(F)cc4)CC3)c([N+](=O)[O-])c2)C1=O. The first kappa shape index (κ1) is 22.8. The van der Waals surface area contributed by atoms with E-state index in [1.165, 1.54) is 34.6 Å². The van der Waals surface area contributed by atoms with Gasteiger partial charge in [-0.15, -0.1) is 0 Å². The number of anilines is 2. The average Bonchev–Trinajstić information content (AvgIpc) is 3.05. The number of benzene rings is 2. The zero-order valence-electron chi connectivity index (χ0n) is 17.7. The van der Waals surface area contributed by atoms with Crippen LogP contribution in [0, 0.1) is 21.8 Å². The van der Waals surface area contributed by atoms with E-state index >= 15 is 0 Å². The van der Waals surface area contributed by atoms with E-state index in [9.17, 15) is 32.5 Å². The Morgan fingerprint density at radius 3 is 2.21 bits per heavy atom. The molecule has 0 aliphatic carbocycles. The fourth-order valence-electron chi connectivity index (χ4n) is 4.04. The van der Waals surface area contributed by atoms with Crippen LogP contribution in [0.5, 0.6) is 0 Å². The molecule has 0 saturated carbocycles. The smallest absolute Gasteiger partial charge is 0.294 e. The third-order valence-corrected chi connectivity index (χ3v) is 7.73. The maximum absolute atomic E-state index is 13.1. The van der Waals surface area contributed by atoms with Crippen molar-refractivity contribution in [3.63, 3.8) is 0 Å². The number of nitro benzene ring substituents is 1. The number of hydrogen-bond acceptors (Lipinski definition) is 7. The molecule has 1 atom stereocenters. The summed E-state index contributed by atoms with van der Waals surface area (Å²) in [6, 6.07) is 8.70. The van der Waals surface area contributed by atoms with Gasteiger partial charge in [-0.25, -0.2) is 12.8 Å². The van der Waals surface area contributed by atoms with Gasteiger partial charge in [0.2, 0.25) is 21.8 Å². The zero-order valence-corrected chi connectivity index (χ0v) is 18.5. The van der Waals surface area contributed by atoms with Gasteiger partial charge in [0, 0.05) is 44.6 Å². The van der Waals surface area contributed by atoms with Crippen molar-refractivity contribution >= 4 is 38.9 Å². The minimum atomic E-state index is -3.82. The summed E-state index contributed by atoms with van der Waals surface area (Å²) in [6.07, 6.45) is 0.0544. The summed E-state index contributed by atoms with van der Waals surface area (Å²) in [7, 11) is -3.82. The summed E-state index contributed by atoms with van der Waals surface area (Å²) in [5.41, 5.74) is 0.138. The van der Waals surface area contributed by atoms with Crippen molar-refractivity contribution in [3.8, 4) is 0 Å². The van der Waals surface area contributed by atoms with Gasteiger partial charge in [-0.05, 0) is 36.4 Å². The number of piperazine rings is 1. The quantitative estimate of drug-likeness (QED) is 0.368. The summed E-state index contributed by atoms with van der Waals surface area (Å²) < 4.78 is 40.0. The van der Waals surface area contributed by atoms with Crippen molar-refractivity contribution in [3.05, 3.63) is 58.4 Å². The number of amides is 2. The monoisotopic (exact) mass is 476 g/mol. The molecular formula is C21H21FN4O6S. The highest BCUT2D eigenvalue weighted by molar-refractivity contribution is 7.89. The molecule has 33 heavy (non-hydrogen) atoms. The highest BCUT2D eigenvalue weighted by atomic mass is 32.2. The fourth-order valence-corrected chi connectivity index (χ4v) is 5.47. The van der Waals surface area contributed by atoms with Gasteiger partial charge in [0.25, 0.3) is 5.69 Å². The molecule has 4 rings (SSSR count). The van der Waals surface area contributed by atoms with E-state index in [0.717, 1.165) is 17.0 Å². The molecule has 2 aromatic rings. The van der Waals surface area contributed by atoms with E-state index in [2.05, 4.69) is 0 Å². The van der Waals surface area contributed by atoms with E-state index in [4.69, 9.17) is 0 Å². The molecule has 0 bridgehead atoms. The maximum Gasteiger partial charge on any atom is 0.294 e. The van der Waals surface area contributed by atoms with Crippen molar-refractivity contribution in [2.75, 3.05) is 36.0 Å². The van der Waals surface area contributed by atoms with Crippen LogP contribution < -0.4 is 9.80 Å². The Bertz CT molecular complexity index is 1230. The van der Waals surface area contributed by atoms with Crippen LogP contribution in [-0.2, 0) is 19.6 Å². The van der Waals surface area contributed by atoms with E-state index in [1.807, 2.05) is 0 Å². The number of nitrogens with zero attached hydrogens (tertiary/aromatic N) is 4. The average molecular weight is 476 g/mol. The summed E-state index contributed by atoms with van der Waals surface area (Å²) in [6.45, 7) is 2.18. The predicted molar refractivity (Wildman–Crippen MR) is 117 cm³/mol. The molecule has 2 fully saturated rings. The first-order valence-corrected chi connectivity index (χ1v) is 11.7. The molecule has 10 nitrogen and oxygen atoms in total. The molecule has 0 spiro atoms. The van der Waals surface area contributed by atoms with Crippen molar-refractivity contribution in [2.24, 2.45) is 5.92 Å². The summed E-state index contributed by atoms with van der Waals surface area (Å²) >= 11 is 0. The zero-order chi connectivity index (χ0) is 23.9. The van der Waals surface area contributed by atoms with Gasteiger partial charge in [0.15, 0.2) is 0 Å². The van der Waals surface area contributed by atoms with Crippen LogP contribution in [0.25, 0.3) is 0 Å². The lowest BCUT2D eigenvalue weighted by Crippen LogP contribution is -2.48. The van der Waals surface area contributed by atoms with Crippen molar-refractivity contribution in [2.45, 2.75) is 18.2 Å². The number of hydrogen-bond donors (Lipinski definition) is 0. The van der Waals surface area contributed by atoms with E-state index < -0.39 is 38.5 Å². The number of halogens is 1. The largest absolute Gasteiger partial charge is 0.363 e. The third-order valence-electron chi connectivity index (χ3n) is 5.82. The lowest BCUT2D eigenvalue weighted by molar-refractivity contribution is -0.384. The van der Waals surface area contributed by atoms with Crippen molar-refractivity contribution in [1.82, 2.24) is 4.31 Å². The number of imide groups is 1. The molecule has 174 valence electrons. The predicted octanol–water partition coefficient (Wildman–Crippen LogP) is 2.14. The highest BCUT2D eigenvalue weighted by Crippen LogP contribution is 2.36. The maximum atomic E-state index is 13.1. The number of sulfonamides is 1. The molecule has 0 aromatic heterocycles. The summed E-state index contributed by atoms with van der Waals surface area (Å²) in [4.78, 5) is 38.3. The Balaban J connectivity index is 1.54. The van der Waals surface area contributed by atoms with Gasteiger partial charge >= 0.3 is 0 Å². The lowest BCUT2D eigenvalue weighted by Gasteiger charge is -2.35. The van der Waals surface area contributed by atoms with Crippen molar-refractivity contribution in [1.29, 1.82) is 0 Å². The van der Waals surface area contributed by atoms with Crippen LogP contribution in [0.4, 0.5) is 21.5 Å². The third kappa shape index (κ3) is 4.18. The Morgan fingerprint density at radius 1 is 1.03 bits per heavy atom. The van der Waals surface area contributed by atoms with Crippen LogP contribution >= 0.6 is 0 Å². The Kier molecular flexibility index (Phi) is 5.89. The molecule has 2 saturated heterocycles. The normalized spacial score (nSPS) is 19.9. The second-order valence-electron chi connectivity index (χ2n) is 7.95. The van der Waals surface area contributed by atoms with Crippen LogP contribution in [0.1, 0.15) is 13.3 Å². The number of carbonyl (C=O) groups excluding carboxylic acids is 2. The molecule has 12 heteroatoms. The van der Waals surface area contributed by atoms with Gasteiger partial charge in [-0.2, -0.15) is 4.31 Å². The molecule has 2 aromatic carbocycles. The molecule has 2 amide bonds. The standard InChI is InChI=1S/C21H21FN4O6S/c1-14-12-20(27)25(21(14)28)16-4-7-18(19(13-16)26(29)30)23-8-10-24(11-9-23)33(31,32)17-5-2-15(22)3-6-17/h2-7,13-14H,8-12H2,1H3/t14-/m0/s1. The van der Waals surface area contributed by atoms with Crippen LogP contribution in [-0.4, -0.2) is 55.6 Å². The number of rotatable bonds is 5. The minimum absolute atomic E-state index is 0.0261. The lowest BCUT2D eigenvalue weighted by atomic mass is 10.1. The van der Waals surface area contributed by atoms with Gasteiger partial charge in [0.1, 0.15) is 11.5 Å². The van der Waals surface area contributed by atoms with Gasteiger partial charge in [0.05, 0.1) is 15.5 Å². The van der Waals surface area contributed by atoms with E-state index in [0.29, 0.717) is 0 Å². The molecule has 0 unspecified atom stereocenters. The van der Waals surface area contributed by atoms with Gasteiger partial charge in [-0.3, -0.25) is 24.6 Å². The van der Waals surface area contributed by atoms with Gasteiger partial charge in [-0.1, -0.05) is 6.92 Å². The second kappa shape index (κ2) is 8.52. The first-order valence-electron chi connectivity index (χ1n) is 10.3. The number of nitro groups is 1. The second-order valence-corrected chi connectivity index (χ2v) is 9.89. The van der Waals surface area contributed by atoms with Crippen LogP contribution in [0.15, 0.2) is 47.4 Å². The topological polar surface area (TPSA) is 121 Å². The van der Waals surface area contributed by atoms with E-state index in [-0.39, 0.29) is 54.6 Å². The molecule has 0 radical (unpaired) electrons. The molecule has 2 aliphatic rings. The van der Waals surface area contributed by atoms with E-state index in [1.54, 1.807) is 11.8 Å². The Labute approximate surface area is 189 Å². The van der Waals surface area contributed by atoms with Crippen molar-refractivity contribution < 1.29 is 27.3 Å². The summed E-state index contributed by atoms with van der Waals surface area (Å²) in [5, 5.41) is 11.7.